The van der Waals surface area contributed by atoms with Gasteiger partial charge in [0.05, 0.1) is 17.4 Å². The molecule has 1 atom stereocenters. The number of rotatable bonds is 6. The van der Waals surface area contributed by atoms with Crippen molar-refractivity contribution in [3.05, 3.63) is 17.8 Å². The Labute approximate surface area is 108 Å². The van der Waals surface area contributed by atoms with Gasteiger partial charge in [0, 0.05) is 6.04 Å². The predicted octanol–water partition coefficient (Wildman–Crippen LogP) is 2.00. The minimum absolute atomic E-state index is 0.238. The van der Waals surface area contributed by atoms with Gasteiger partial charge in [-0.2, -0.15) is 0 Å². The number of nitrogen functional groups attached to an aromatic ring is 1. The first-order valence-electron chi connectivity index (χ1n) is 6.22. The maximum atomic E-state index is 11.3. The zero-order valence-corrected chi connectivity index (χ0v) is 11.2. The highest BCUT2D eigenvalue weighted by Gasteiger charge is 2.12. The smallest absolute Gasteiger partial charge is 0.252 e. The molecule has 18 heavy (non-hydrogen) atoms. The standard InChI is InChI=1S/C13H22N4O/c1-8(2)4-5-9(3)17-13-11(12(15)18)6-10(14)7-16-13/h6-9H,4-5,14H2,1-3H3,(H2,15,18)(H,16,17). The molecule has 1 rings (SSSR count). The molecular formula is C13H22N4O. The number of nitrogens with one attached hydrogen (secondary N) is 1. The topological polar surface area (TPSA) is 94.0 Å². The minimum atomic E-state index is -0.520. The molecule has 0 aliphatic heterocycles. The SMILES string of the molecule is CC(C)CCC(C)Nc1ncc(N)cc1C(N)=O. The van der Waals surface area contributed by atoms with Crippen LogP contribution in [0, 0.1) is 5.92 Å². The first-order chi connectivity index (χ1) is 8.40. The van der Waals surface area contributed by atoms with Crippen molar-refractivity contribution in [3.63, 3.8) is 0 Å². The van der Waals surface area contributed by atoms with Crippen molar-refractivity contribution < 1.29 is 4.79 Å². The van der Waals surface area contributed by atoms with Gasteiger partial charge in [-0.15, -0.1) is 0 Å². The molecule has 0 aromatic carbocycles. The third-order valence-electron chi connectivity index (χ3n) is 2.73. The van der Waals surface area contributed by atoms with Gasteiger partial charge in [-0.3, -0.25) is 4.79 Å². The van der Waals surface area contributed by atoms with Crippen LogP contribution in [0.3, 0.4) is 0 Å². The maximum Gasteiger partial charge on any atom is 0.252 e. The molecule has 1 heterocycles. The highest BCUT2D eigenvalue weighted by Crippen LogP contribution is 2.17. The highest BCUT2D eigenvalue weighted by molar-refractivity contribution is 5.98. The molecule has 0 spiro atoms. The maximum absolute atomic E-state index is 11.3. The molecule has 5 nitrogen and oxygen atoms in total. The number of hydrogen-bond acceptors (Lipinski definition) is 4. The second-order valence-electron chi connectivity index (χ2n) is 5.05. The molecule has 0 bridgehead atoms. The molecule has 100 valence electrons. The van der Waals surface area contributed by atoms with Gasteiger partial charge in [-0.05, 0) is 31.7 Å². The highest BCUT2D eigenvalue weighted by atomic mass is 16.1. The minimum Gasteiger partial charge on any atom is -0.397 e. The third-order valence-corrected chi connectivity index (χ3v) is 2.73. The molecule has 0 aliphatic rings. The molecule has 5 N–H and O–H groups in total. The van der Waals surface area contributed by atoms with Crippen LogP contribution in [0.5, 0.6) is 0 Å². The van der Waals surface area contributed by atoms with Gasteiger partial charge in [0.2, 0.25) is 0 Å². The van der Waals surface area contributed by atoms with E-state index in [4.69, 9.17) is 11.5 Å². The Hall–Kier alpha value is -1.78. The molecule has 1 amide bonds. The van der Waals surface area contributed by atoms with Crippen molar-refractivity contribution >= 4 is 17.4 Å². The lowest BCUT2D eigenvalue weighted by molar-refractivity contribution is 0.100. The Balaban J connectivity index is 2.74. The number of hydrogen-bond donors (Lipinski definition) is 3. The molecule has 0 radical (unpaired) electrons. The molecule has 0 saturated carbocycles. The Morgan fingerprint density at radius 1 is 1.39 bits per heavy atom. The van der Waals surface area contributed by atoms with E-state index < -0.39 is 5.91 Å². The van der Waals surface area contributed by atoms with Gasteiger partial charge in [-0.1, -0.05) is 13.8 Å². The first-order valence-corrected chi connectivity index (χ1v) is 6.22. The number of anilines is 2. The van der Waals surface area contributed by atoms with Crippen LogP contribution < -0.4 is 16.8 Å². The summed E-state index contributed by atoms with van der Waals surface area (Å²) in [6, 6.07) is 1.79. The van der Waals surface area contributed by atoms with E-state index >= 15 is 0 Å². The Bertz CT molecular complexity index is 417. The van der Waals surface area contributed by atoms with E-state index in [1.165, 1.54) is 6.20 Å². The molecule has 1 aromatic rings. The lowest BCUT2D eigenvalue weighted by Gasteiger charge is -2.17. The van der Waals surface area contributed by atoms with Gasteiger partial charge < -0.3 is 16.8 Å². The van der Waals surface area contributed by atoms with Crippen LogP contribution >= 0.6 is 0 Å². The van der Waals surface area contributed by atoms with E-state index in [1.807, 2.05) is 0 Å². The molecule has 5 heteroatoms. The van der Waals surface area contributed by atoms with Crippen LogP contribution in [0.15, 0.2) is 12.3 Å². The second-order valence-corrected chi connectivity index (χ2v) is 5.05. The van der Waals surface area contributed by atoms with Gasteiger partial charge in [0.25, 0.3) is 5.91 Å². The normalized spacial score (nSPS) is 12.4. The third kappa shape index (κ3) is 4.24. The summed E-state index contributed by atoms with van der Waals surface area (Å²) in [7, 11) is 0. The molecule has 0 aliphatic carbocycles. The lowest BCUT2D eigenvalue weighted by atomic mass is 10.0. The van der Waals surface area contributed by atoms with Crippen LogP contribution in [-0.2, 0) is 0 Å². The Morgan fingerprint density at radius 3 is 2.61 bits per heavy atom. The van der Waals surface area contributed by atoms with E-state index in [0.717, 1.165) is 12.8 Å². The molecule has 0 fully saturated rings. The first kappa shape index (κ1) is 14.3. The fraction of sp³-hybridized carbons (Fsp3) is 0.538. The summed E-state index contributed by atoms with van der Waals surface area (Å²) in [4.78, 5) is 15.4. The summed E-state index contributed by atoms with van der Waals surface area (Å²) < 4.78 is 0. The summed E-state index contributed by atoms with van der Waals surface area (Å²) in [5.74, 6) is 0.644. The number of primary amides is 1. The summed E-state index contributed by atoms with van der Waals surface area (Å²) in [5, 5.41) is 3.21. The zero-order chi connectivity index (χ0) is 13.7. The monoisotopic (exact) mass is 250 g/mol. The van der Waals surface area contributed by atoms with Crippen molar-refractivity contribution in [2.45, 2.75) is 39.7 Å². The quantitative estimate of drug-likeness (QED) is 0.719. The number of nitrogens with zero attached hydrogens (tertiary/aromatic N) is 1. The van der Waals surface area contributed by atoms with E-state index in [2.05, 4.69) is 31.1 Å². The lowest BCUT2D eigenvalue weighted by Crippen LogP contribution is -2.21. The number of amides is 1. The fourth-order valence-electron chi connectivity index (χ4n) is 1.67. The van der Waals surface area contributed by atoms with Crippen LogP contribution in [0.1, 0.15) is 44.0 Å². The summed E-state index contributed by atoms with van der Waals surface area (Å²) in [6.45, 7) is 6.43. The van der Waals surface area contributed by atoms with Crippen LogP contribution in [-0.4, -0.2) is 16.9 Å². The van der Waals surface area contributed by atoms with Gasteiger partial charge >= 0.3 is 0 Å². The van der Waals surface area contributed by atoms with Crippen molar-refractivity contribution in [2.75, 3.05) is 11.1 Å². The number of aromatic nitrogens is 1. The molecule has 1 unspecified atom stereocenters. The van der Waals surface area contributed by atoms with Crippen LogP contribution in [0.4, 0.5) is 11.5 Å². The van der Waals surface area contributed by atoms with E-state index in [0.29, 0.717) is 23.0 Å². The van der Waals surface area contributed by atoms with E-state index in [9.17, 15) is 4.79 Å². The summed E-state index contributed by atoms with van der Waals surface area (Å²) in [5.41, 5.74) is 11.7. The van der Waals surface area contributed by atoms with Gasteiger partial charge in [0.1, 0.15) is 5.82 Å². The summed E-state index contributed by atoms with van der Waals surface area (Å²) >= 11 is 0. The van der Waals surface area contributed by atoms with Crippen molar-refractivity contribution in [1.82, 2.24) is 4.98 Å². The zero-order valence-electron chi connectivity index (χ0n) is 11.2. The number of pyridine rings is 1. The van der Waals surface area contributed by atoms with Gasteiger partial charge in [0.15, 0.2) is 0 Å². The number of carbonyl (C=O) groups excluding carboxylic acids is 1. The van der Waals surface area contributed by atoms with Crippen LogP contribution in [0.2, 0.25) is 0 Å². The Morgan fingerprint density at radius 2 is 2.06 bits per heavy atom. The summed E-state index contributed by atoms with van der Waals surface area (Å²) in [6.07, 6.45) is 3.65. The van der Waals surface area contributed by atoms with E-state index in [-0.39, 0.29) is 6.04 Å². The average Bonchev–Trinajstić information content (AvgIpc) is 2.28. The number of nitrogens with two attached hydrogens (primary N) is 2. The number of carbonyl (C=O) groups is 1. The van der Waals surface area contributed by atoms with E-state index in [1.54, 1.807) is 6.07 Å². The molecular weight excluding hydrogens is 228 g/mol. The average molecular weight is 250 g/mol. The fourth-order valence-corrected chi connectivity index (χ4v) is 1.67. The largest absolute Gasteiger partial charge is 0.397 e. The predicted molar refractivity (Wildman–Crippen MR) is 74.3 cm³/mol. The second kappa shape index (κ2) is 6.23. The van der Waals surface area contributed by atoms with Gasteiger partial charge in [-0.25, -0.2) is 4.98 Å². The molecule has 1 aromatic heterocycles. The van der Waals surface area contributed by atoms with Crippen molar-refractivity contribution in [3.8, 4) is 0 Å². The van der Waals surface area contributed by atoms with Crippen LogP contribution in [0.25, 0.3) is 0 Å². The van der Waals surface area contributed by atoms with Crippen molar-refractivity contribution in [1.29, 1.82) is 0 Å². The molecule has 0 saturated heterocycles. The van der Waals surface area contributed by atoms with Crippen molar-refractivity contribution in [2.24, 2.45) is 11.7 Å². The Kier molecular flexibility index (Phi) is 4.95.